The van der Waals surface area contributed by atoms with E-state index in [4.69, 9.17) is 5.73 Å². The number of piperidine rings is 1. The first kappa shape index (κ1) is 13.3. The lowest BCUT2D eigenvalue weighted by Gasteiger charge is -2.37. The van der Waals surface area contributed by atoms with Crippen molar-refractivity contribution in [3.8, 4) is 0 Å². The van der Waals surface area contributed by atoms with Crippen LogP contribution in [0.5, 0.6) is 0 Å². The van der Waals surface area contributed by atoms with Crippen molar-refractivity contribution in [2.75, 3.05) is 39.8 Å². The lowest BCUT2D eigenvalue weighted by atomic mass is 10.0. The largest absolute Gasteiger partial charge is 0.329 e. The van der Waals surface area contributed by atoms with Crippen LogP contribution in [0.4, 0.5) is 0 Å². The Kier molecular flexibility index (Phi) is 5.26. The lowest BCUT2D eigenvalue weighted by molar-refractivity contribution is 0.118. The molecule has 1 saturated carbocycles. The summed E-state index contributed by atoms with van der Waals surface area (Å²) in [4.78, 5) is 5.15. The maximum atomic E-state index is 5.61. The molecular formula is C14H29N3. The van der Waals surface area contributed by atoms with Gasteiger partial charge in [0.1, 0.15) is 0 Å². The van der Waals surface area contributed by atoms with Crippen molar-refractivity contribution in [1.82, 2.24) is 9.80 Å². The van der Waals surface area contributed by atoms with Gasteiger partial charge >= 0.3 is 0 Å². The summed E-state index contributed by atoms with van der Waals surface area (Å²) in [5.74, 6) is 0.988. The summed E-state index contributed by atoms with van der Waals surface area (Å²) in [7, 11) is 2.33. The van der Waals surface area contributed by atoms with Crippen molar-refractivity contribution in [2.24, 2.45) is 11.7 Å². The Labute approximate surface area is 106 Å². The van der Waals surface area contributed by atoms with Crippen LogP contribution < -0.4 is 5.73 Å². The van der Waals surface area contributed by atoms with E-state index in [1.54, 1.807) is 0 Å². The SMILES string of the molecule is CN(CC1CCCC1)C1CCN(CCN)CC1. The first-order valence-corrected chi connectivity index (χ1v) is 7.42. The quantitative estimate of drug-likeness (QED) is 0.790. The Morgan fingerprint density at radius 1 is 1.12 bits per heavy atom. The fraction of sp³-hybridized carbons (Fsp3) is 1.00. The predicted octanol–water partition coefficient (Wildman–Crippen LogP) is 1.53. The molecule has 3 nitrogen and oxygen atoms in total. The first-order valence-electron chi connectivity index (χ1n) is 7.42. The van der Waals surface area contributed by atoms with Crippen LogP contribution in [0.1, 0.15) is 38.5 Å². The molecule has 1 aliphatic carbocycles. The Morgan fingerprint density at radius 2 is 1.76 bits per heavy atom. The highest BCUT2D eigenvalue weighted by molar-refractivity contribution is 4.80. The Hall–Kier alpha value is -0.120. The Morgan fingerprint density at radius 3 is 2.35 bits per heavy atom. The predicted molar refractivity (Wildman–Crippen MR) is 73.1 cm³/mol. The van der Waals surface area contributed by atoms with E-state index in [1.165, 1.54) is 58.2 Å². The number of hydrogen-bond donors (Lipinski definition) is 1. The number of rotatable bonds is 5. The van der Waals surface area contributed by atoms with Gasteiger partial charge < -0.3 is 15.5 Å². The van der Waals surface area contributed by atoms with Crippen LogP contribution in [0.15, 0.2) is 0 Å². The van der Waals surface area contributed by atoms with Gasteiger partial charge in [-0.15, -0.1) is 0 Å². The second-order valence-electron chi connectivity index (χ2n) is 5.95. The van der Waals surface area contributed by atoms with E-state index in [0.717, 1.165) is 25.0 Å². The monoisotopic (exact) mass is 239 g/mol. The third-order valence-electron chi connectivity index (χ3n) is 4.65. The molecule has 0 bridgehead atoms. The maximum absolute atomic E-state index is 5.61. The molecule has 0 spiro atoms. The Bertz CT molecular complexity index is 206. The van der Waals surface area contributed by atoms with Gasteiger partial charge in [-0.05, 0) is 51.7 Å². The zero-order valence-electron chi connectivity index (χ0n) is 11.4. The normalized spacial score (nSPS) is 24.9. The summed E-state index contributed by atoms with van der Waals surface area (Å²) < 4.78 is 0. The molecule has 1 saturated heterocycles. The summed E-state index contributed by atoms with van der Waals surface area (Å²) in [6.07, 6.45) is 8.54. The summed E-state index contributed by atoms with van der Waals surface area (Å²) in [5, 5.41) is 0. The molecule has 0 aromatic rings. The van der Waals surface area contributed by atoms with Crippen LogP contribution >= 0.6 is 0 Å². The Balaban J connectivity index is 1.68. The van der Waals surface area contributed by atoms with Crippen LogP contribution in [0.3, 0.4) is 0 Å². The van der Waals surface area contributed by atoms with Crippen molar-refractivity contribution in [3.05, 3.63) is 0 Å². The summed E-state index contributed by atoms with van der Waals surface area (Å²) >= 11 is 0. The maximum Gasteiger partial charge on any atom is 0.0117 e. The van der Waals surface area contributed by atoms with Crippen molar-refractivity contribution in [3.63, 3.8) is 0 Å². The smallest absolute Gasteiger partial charge is 0.0117 e. The van der Waals surface area contributed by atoms with Gasteiger partial charge in [-0.2, -0.15) is 0 Å². The third-order valence-corrected chi connectivity index (χ3v) is 4.65. The van der Waals surface area contributed by atoms with Gasteiger partial charge in [-0.3, -0.25) is 0 Å². The van der Waals surface area contributed by atoms with Crippen LogP contribution in [0.25, 0.3) is 0 Å². The van der Waals surface area contributed by atoms with Crippen molar-refractivity contribution >= 4 is 0 Å². The molecule has 1 aliphatic heterocycles. The van der Waals surface area contributed by atoms with Gasteiger partial charge in [0, 0.05) is 25.7 Å². The zero-order valence-corrected chi connectivity index (χ0v) is 11.4. The second kappa shape index (κ2) is 6.72. The average Bonchev–Trinajstić information content (AvgIpc) is 2.83. The van der Waals surface area contributed by atoms with E-state index in [2.05, 4.69) is 16.8 Å². The van der Waals surface area contributed by atoms with Gasteiger partial charge in [0.25, 0.3) is 0 Å². The zero-order chi connectivity index (χ0) is 12.1. The van der Waals surface area contributed by atoms with E-state index in [-0.39, 0.29) is 0 Å². The van der Waals surface area contributed by atoms with Gasteiger partial charge in [0.2, 0.25) is 0 Å². The number of nitrogens with zero attached hydrogens (tertiary/aromatic N) is 2. The summed E-state index contributed by atoms with van der Waals surface area (Å²) in [5.41, 5.74) is 5.61. The number of hydrogen-bond acceptors (Lipinski definition) is 3. The molecule has 3 heteroatoms. The summed E-state index contributed by atoms with van der Waals surface area (Å²) in [6.45, 7) is 5.72. The van der Waals surface area contributed by atoms with Crippen molar-refractivity contribution in [1.29, 1.82) is 0 Å². The van der Waals surface area contributed by atoms with Gasteiger partial charge in [0.05, 0.1) is 0 Å². The third kappa shape index (κ3) is 3.94. The molecule has 100 valence electrons. The topological polar surface area (TPSA) is 32.5 Å². The summed E-state index contributed by atoms with van der Waals surface area (Å²) in [6, 6.07) is 0.824. The molecule has 2 N–H and O–H groups in total. The van der Waals surface area contributed by atoms with E-state index in [1.807, 2.05) is 0 Å². The molecule has 1 heterocycles. The molecule has 0 aromatic carbocycles. The van der Waals surface area contributed by atoms with Crippen LogP contribution in [-0.2, 0) is 0 Å². The minimum Gasteiger partial charge on any atom is -0.329 e. The molecule has 0 amide bonds. The van der Waals surface area contributed by atoms with Crippen molar-refractivity contribution in [2.45, 2.75) is 44.6 Å². The standard InChI is InChI=1S/C14H29N3/c1-16(12-13-4-2-3-5-13)14-6-9-17(10-7-14)11-8-15/h13-14H,2-12,15H2,1H3. The van der Waals surface area contributed by atoms with Gasteiger partial charge in [-0.25, -0.2) is 0 Å². The molecule has 17 heavy (non-hydrogen) atoms. The van der Waals surface area contributed by atoms with E-state index < -0.39 is 0 Å². The first-order chi connectivity index (χ1) is 8.29. The molecule has 2 rings (SSSR count). The minimum absolute atomic E-state index is 0.808. The van der Waals surface area contributed by atoms with E-state index in [9.17, 15) is 0 Å². The van der Waals surface area contributed by atoms with Gasteiger partial charge in [-0.1, -0.05) is 12.8 Å². The fourth-order valence-corrected chi connectivity index (χ4v) is 3.52. The van der Waals surface area contributed by atoms with Crippen LogP contribution in [-0.4, -0.2) is 55.6 Å². The number of nitrogens with two attached hydrogens (primary N) is 1. The van der Waals surface area contributed by atoms with Crippen LogP contribution in [0, 0.1) is 5.92 Å². The van der Waals surface area contributed by atoms with Gasteiger partial charge in [0.15, 0.2) is 0 Å². The second-order valence-corrected chi connectivity index (χ2v) is 5.95. The number of likely N-dealkylation sites (tertiary alicyclic amines) is 1. The van der Waals surface area contributed by atoms with Crippen molar-refractivity contribution < 1.29 is 0 Å². The molecule has 0 atom stereocenters. The highest BCUT2D eigenvalue weighted by Crippen LogP contribution is 2.26. The molecular weight excluding hydrogens is 210 g/mol. The highest BCUT2D eigenvalue weighted by atomic mass is 15.2. The molecule has 0 radical (unpaired) electrons. The molecule has 2 fully saturated rings. The van der Waals surface area contributed by atoms with E-state index in [0.29, 0.717) is 0 Å². The minimum atomic E-state index is 0.808. The highest BCUT2D eigenvalue weighted by Gasteiger charge is 2.24. The molecule has 2 aliphatic rings. The lowest BCUT2D eigenvalue weighted by Crippen LogP contribution is -2.45. The average molecular weight is 239 g/mol. The van der Waals surface area contributed by atoms with Crippen LogP contribution in [0.2, 0.25) is 0 Å². The molecule has 0 unspecified atom stereocenters. The fourth-order valence-electron chi connectivity index (χ4n) is 3.52. The molecule has 0 aromatic heterocycles. The van der Waals surface area contributed by atoms with E-state index >= 15 is 0 Å².